The van der Waals surface area contributed by atoms with Gasteiger partial charge in [-0.3, -0.25) is 0 Å². The van der Waals surface area contributed by atoms with Gasteiger partial charge in [-0.1, -0.05) is 6.92 Å². The molecular formula is C15H27IN4OS. The molecule has 2 rings (SSSR count). The number of nitrogens with one attached hydrogen (secondary N) is 2. The van der Waals surface area contributed by atoms with Crippen molar-refractivity contribution in [1.29, 1.82) is 0 Å². The first-order valence-corrected chi connectivity index (χ1v) is 8.69. The molecule has 22 heavy (non-hydrogen) atoms. The van der Waals surface area contributed by atoms with Crippen molar-refractivity contribution in [2.75, 3.05) is 6.54 Å². The van der Waals surface area contributed by atoms with Gasteiger partial charge in [0.2, 0.25) is 0 Å². The lowest BCUT2D eigenvalue weighted by molar-refractivity contribution is 0.120. The second kappa shape index (κ2) is 10.4. The molecule has 0 radical (unpaired) electrons. The van der Waals surface area contributed by atoms with E-state index in [-0.39, 0.29) is 30.1 Å². The molecule has 3 N–H and O–H groups in total. The molecule has 5 nitrogen and oxygen atoms in total. The predicted molar refractivity (Wildman–Crippen MR) is 103 cm³/mol. The lowest BCUT2D eigenvalue weighted by Crippen LogP contribution is -2.45. The number of aromatic nitrogens is 1. The number of aryl methyl sites for hydroxylation is 1. The number of hydrogen-bond donors (Lipinski definition) is 3. The maximum atomic E-state index is 9.56. The Bertz CT molecular complexity index is 458. The van der Waals surface area contributed by atoms with Gasteiger partial charge < -0.3 is 15.7 Å². The Morgan fingerprint density at radius 2 is 2.09 bits per heavy atom. The number of aliphatic imine (C=N–C) groups is 1. The Morgan fingerprint density at radius 3 is 2.68 bits per heavy atom. The van der Waals surface area contributed by atoms with Crippen LogP contribution in [0.4, 0.5) is 0 Å². The van der Waals surface area contributed by atoms with E-state index in [2.05, 4.69) is 34.5 Å². The highest BCUT2D eigenvalue weighted by atomic mass is 127. The SMILES string of the molecule is CCNC(=NCc1ncc(CC)s1)NC1CCC(O)CC1.I. The van der Waals surface area contributed by atoms with E-state index in [1.54, 1.807) is 11.3 Å². The Kier molecular flexibility index (Phi) is 9.27. The molecule has 1 saturated carbocycles. The zero-order valence-corrected chi connectivity index (χ0v) is 16.5. The third-order valence-corrected chi connectivity index (χ3v) is 4.83. The molecular weight excluding hydrogens is 411 g/mol. The van der Waals surface area contributed by atoms with Crippen LogP contribution in [0.5, 0.6) is 0 Å². The molecule has 1 fully saturated rings. The molecule has 1 heterocycles. The molecule has 0 amide bonds. The van der Waals surface area contributed by atoms with Crippen molar-refractivity contribution in [2.45, 2.75) is 64.6 Å². The molecule has 1 aliphatic rings. The Labute approximate surface area is 154 Å². The molecule has 0 atom stereocenters. The van der Waals surface area contributed by atoms with Gasteiger partial charge in [-0.05, 0) is 39.0 Å². The summed E-state index contributed by atoms with van der Waals surface area (Å²) in [5.74, 6) is 0.854. The summed E-state index contributed by atoms with van der Waals surface area (Å²) < 4.78 is 0. The van der Waals surface area contributed by atoms with Crippen LogP contribution >= 0.6 is 35.3 Å². The van der Waals surface area contributed by atoms with Crippen molar-refractivity contribution in [3.05, 3.63) is 16.1 Å². The highest BCUT2D eigenvalue weighted by molar-refractivity contribution is 14.0. The fraction of sp³-hybridized carbons (Fsp3) is 0.733. The van der Waals surface area contributed by atoms with E-state index in [1.165, 1.54) is 4.88 Å². The average Bonchev–Trinajstić information content (AvgIpc) is 2.95. The van der Waals surface area contributed by atoms with Gasteiger partial charge in [0, 0.05) is 23.7 Å². The van der Waals surface area contributed by atoms with Crippen LogP contribution in [0.15, 0.2) is 11.2 Å². The van der Waals surface area contributed by atoms with E-state index in [9.17, 15) is 5.11 Å². The molecule has 126 valence electrons. The maximum Gasteiger partial charge on any atom is 0.191 e. The standard InChI is InChI=1S/C15H26N4OS.HI/c1-3-13-9-17-14(21-13)10-18-15(16-4-2)19-11-5-7-12(20)8-6-11;/h9,11-12,20H,3-8,10H2,1-2H3,(H2,16,18,19);1H. The third-order valence-electron chi connectivity index (χ3n) is 3.70. The van der Waals surface area contributed by atoms with Crippen LogP contribution in [0.25, 0.3) is 0 Å². The van der Waals surface area contributed by atoms with E-state index < -0.39 is 0 Å². The Hall–Kier alpha value is -0.410. The summed E-state index contributed by atoms with van der Waals surface area (Å²) in [6.07, 6.45) is 6.62. The van der Waals surface area contributed by atoms with Crippen LogP contribution in [0.1, 0.15) is 49.4 Å². The van der Waals surface area contributed by atoms with Crippen LogP contribution in [0, 0.1) is 0 Å². The lowest BCUT2D eigenvalue weighted by atomic mass is 9.93. The van der Waals surface area contributed by atoms with E-state index >= 15 is 0 Å². The number of aliphatic hydroxyl groups excluding tert-OH is 1. The lowest BCUT2D eigenvalue weighted by Gasteiger charge is -2.27. The number of hydrogen-bond acceptors (Lipinski definition) is 4. The predicted octanol–water partition coefficient (Wildman–Crippen LogP) is 2.68. The van der Waals surface area contributed by atoms with Crippen LogP contribution in [0.2, 0.25) is 0 Å². The second-order valence-corrected chi connectivity index (χ2v) is 6.62. The van der Waals surface area contributed by atoms with Crippen LogP contribution in [-0.4, -0.2) is 34.7 Å². The van der Waals surface area contributed by atoms with Crippen molar-refractivity contribution in [3.8, 4) is 0 Å². The number of aliphatic hydroxyl groups is 1. The summed E-state index contributed by atoms with van der Waals surface area (Å²) in [5.41, 5.74) is 0. The highest BCUT2D eigenvalue weighted by Crippen LogP contribution is 2.18. The molecule has 0 spiro atoms. The minimum atomic E-state index is -0.120. The zero-order valence-electron chi connectivity index (χ0n) is 13.3. The monoisotopic (exact) mass is 438 g/mol. The minimum Gasteiger partial charge on any atom is -0.393 e. The molecule has 0 bridgehead atoms. The molecule has 1 aromatic rings. The molecule has 1 aliphatic carbocycles. The Balaban J connectivity index is 0.00000242. The normalized spacial score (nSPS) is 22.0. The largest absolute Gasteiger partial charge is 0.393 e. The molecule has 0 aromatic carbocycles. The number of guanidine groups is 1. The van der Waals surface area contributed by atoms with Gasteiger partial charge >= 0.3 is 0 Å². The number of nitrogens with zero attached hydrogens (tertiary/aromatic N) is 2. The molecule has 1 aromatic heterocycles. The zero-order chi connectivity index (χ0) is 15.1. The first kappa shape index (κ1) is 19.6. The van der Waals surface area contributed by atoms with Gasteiger partial charge in [0.1, 0.15) is 5.01 Å². The highest BCUT2D eigenvalue weighted by Gasteiger charge is 2.19. The average molecular weight is 438 g/mol. The number of halogens is 1. The van der Waals surface area contributed by atoms with Gasteiger partial charge in [-0.25, -0.2) is 9.98 Å². The minimum absolute atomic E-state index is 0. The van der Waals surface area contributed by atoms with Crippen molar-refractivity contribution in [2.24, 2.45) is 4.99 Å². The van der Waals surface area contributed by atoms with Crippen LogP contribution in [-0.2, 0) is 13.0 Å². The van der Waals surface area contributed by atoms with Gasteiger partial charge in [0.15, 0.2) is 5.96 Å². The van der Waals surface area contributed by atoms with Crippen molar-refractivity contribution in [3.63, 3.8) is 0 Å². The summed E-state index contributed by atoms with van der Waals surface area (Å²) in [5, 5.41) is 17.4. The van der Waals surface area contributed by atoms with Crippen LogP contribution < -0.4 is 10.6 Å². The summed E-state index contributed by atoms with van der Waals surface area (Å²) in [4.78, 5) is 10.3. The summed E-state index contributed by atoms with van der Waals surface area (Å²) in [6, 6.07) is 0.411. The smallest absolute Gasteiger partial charge is 0.191 e. The van der Waals surface area contributed by atoms with Crippen LogP contribution in [0.3, 0.4) is 0 Å². The summed E-state index contributed by atoms with van der Waals surface area (Å²) in [6.45, 7) is 5.68. The van der Waals surface area contributed by atoms with E-state index in [1.807, 2.05) is 6.20 Å². The molecule has 0 unspecified atom stereocenters. The fourth-order valence-corrected chi connectivity index (χ4v) is 3.25. The first-order valence-electron chi connectivity index (χ1n) is 7.87. The summed E-state index contributed by atoms with van der Waals surface area (Å²) in [7, 11) is 0. The second-order valence-electron chi connectivity index (χ2n) is 5.42. The van der Waals surface area contributed by atoms with Gasteiger partial charge in [-0.15, -0.1) is 35.3 Å². The molecule has 7 heteroatoms. The van der Waals surface area contributed by atoms with Crippen molar-refractivity contribution < 1.29 is 5.11 Å². The quantitative estimate of drug-likeness (QED) is 0.376. The Morgan fingerprint density at radius 1 is 1.36 bits per heavy atom. The summed E-state index contributed by atoms with van der Waals surface area (Å²) >= 11 is 1.73. The molecule has 0 saturated heterocycles. The van der Waals surface area contributed by atoms with Gasteiger partial charge in [0.25, 0.3) is 0 Å². The van der Waals surface area contributed by atoms with E-state index in [0.717, 1.165) is 49.6 Å². The molecule has 0 aliphatic heterocycles. The van der Waals surface area contributed by atoms with E-state index in [4.69, 9.17) is 0 Å². The van der Waals surface area contributed by atoms with E-state index in [0.29, 0.717) is 12.6 Å². The van der Waals surface area contributed by atoms with Crippen molar-refractivity contribution >= 4 is 41.3 Å². The van der Waals surface area contributed by atoms with Crippen molar-refractivity contribution in [1.82, 2.24) is 15.6 Å². The number of thiazole rings is 1. The van der Waals surface area contributed by atoms with Gasteiger partial charge in [-0.2, -0.15) is 0 Å². The van der Waals surface area contributed by atoms with Gasteiger partial charge in [0.05, 0.1) is 12.6 Å². The third kappa shape index (κ3) is 6.37. The number of rotatable bonds is 5. The maximum absolute atomic E-state index is 9.56. The topological polar surface area (TPSA) is 69.5 Å². The fourth-order valence-electron chi connectivity index (χ4n) is 2.46. The first-order chi connectivity index (χ1) is 10.2.